The fourth-order valence-electron chi connectivity index (χ4n) is 2.80. The fourth-order valence-corrected chi connectivity index (χ4v) is 2.80. The van der Waals surface area contributed by atoms with E-state index in [2.05, 4.69) is 17.4 Å². The Hall–Kier alpha value is -3.87. The van der Waals surface area contributed by atoms with Crippen molar-refractivity contribution in [2.24, 2.45) is 0 Å². The number of carbonyl (C=O) groups excluding carboxylic acids is 1. The van der Waals surface area contributed by atoms with Gasteiger partial charge in [-0.2, -0.15) is 0 Å². The summed E-state index contributed by atoms with van der Waals surface area (Å²) in [5.74, 6) is 0.615. The zero-order valence-electron chi connectivity index (χ0n) is 16.3. The highest BCUT2D eigenvalue weighted by molar-refractivity contribution is 5.93. The summed E-state index contributed by atoms with van der Waals surface area (Å²) >= 11 is 0. The molecular formula is C23H22N2O5. The summed E-state index contributed by atoms with van der Waals surface area (Å²) in [6.45, 7) is 0.307. The van der Waals surface area contributed by atoms with Crippen LogP contribution in [0.3, 0.4) is 0 Å². The van der Waals surface area contributed by atoms with Gasteiger partial charge in [-0.05, 0) is 42.7 Å². The van der Waals surface area contributed by atoms with Gasteiger partial charge in [0.25, 0.3) is 11.6 Å². The van der Waals surface area contributed by atoms with Crippen LogP contribution in [-0.2, 0) is 11.2 Å². The second-order valence-electron chi connectivity index (χ2n) is 6.52. The third-order valence-electron chi connectivity index (χ3n) is 4.29. The second kappa shape index (κ2) is 10.6. The normalized spacial score (nSPS) is 10.3. The summed E-state index contributed by atoms with van der Waals surface area (Å²) in [5.41, 5.74) is 1.78. The third kappa shape index (κ3) is 6.34. The van der Waals surface area contributed by atoms with Crippen LogP contribution in [0.1, 0.15) is 12.0 Å². The Morgan fingerprint density at radius 2 is 1.60 bits per heavy atom. The molecule has 0 atom stereocenters. The van der Waals surface area contributed by atoms with Crippen LogP contribution in [0.5, 0.6) is 11.5 Å². The molecule has 0 saturated carbocycles. The average Bonchev–Trinajstić information content (AvgIpc) is 2.77. The number of para-hydroxylation sites is 2. The van der Waals surface area contributed by atoms with Crippen molar-refractivity contribution in [1.29, 1.82) is 0 Å². The standard InChI is InChI=1S/C23H22N2O5/c26-23(17-30-20-14-12-19(13-15-20)25(27)28)24-21-10-4-5-11-22(21)29-16-6-9-18-7-2-1-3-8-18/h1-5,7-8,10-15H,6,9,16-17H2,(H,24,26). The van der Waals surface area contributed by atoms with E-state index in [4.69, 9.17) is 9.47 Å². The number of benzene rings is 3. The topological polar surface area (TPSA) is 90.7 Å². The van der Waals surface area contributed by atoms with Crippen molar-refractivity contribution in [3.63, 3.8) is 0 Å². The fraction of sp³-hybridized carbons (Fsp3) is 0.174. The van der Waals surface area contributed by atoms with E-state index in [0.717, 1.165) is 12.8 Å². The number of amides is 1. The molecule has 0 fully saturated rings. The number of non-ortho nitro benzene ring substituents is 1. The highest BCUT2D eigenvalue weighted by Crippen LogP contribution is 2.24. The van der Waals surface area contributed by atoms with Crippen LogP contribution in [0.2, 0.25) is 0 Å². The summed E-state index contributed by atoms with van der Waals surface area (Å²) in [4.78, 5) is 22.4. The lowest BCUT2D eigenvalue weighted by atomic mass is 10.1. The molecule has 3 aromatic rings. The number of hydrogen-bond donors (Lipinski definition) is 1. The van der Waals surface area contributed by atoms with E-state index in [9.17, 15) is 14.9 Å². The molecule has 7 heteroatoms. The molecule has 0 unspecified atom stereocenters. The molecule has 0 aliphatic carbocycles. The van der Waals surface area contributed by atoms with Gasteiger partial charge in [0.2, 0.25) is 0 Å². The van der Waals surface area contributed by atoms with Crippen LogP contribution in [0.15, 0.2) is 78.9 Å². The molecule has 0 aliphatic heterocycles. The van der Waals surface area contributed by atoms with Crippen LogP contribution in [-0.4, -0.2) is 24.0 Å². The van der Waals surface area contributed by atoms with Crippen molar-refractivity contribution in [1.82, 2.24) is 0 Å². The van der Waals surface area contributed by atoms with Crippen molar-refractivity contribution < 1.29 is 19.2 Å². The Morgan fingerprint density at radius 1 is 0.900 bits per heavy atom. The number of nitro benzene ring substituents is 1. The predicted octanol–water partition coefficient (Wildman–Crippen LogP) is 4.62. The van der Waals surface area contributed by atoms with Gasteiger partial charge in [0, 0.05) is 12.1 Å². The van der Waals surface area contributed by atoms with E-state index in [1.165, 1.54) is 29.8 Å². The minimum atomic E-state index is -0.493. The molecular weight excluding hydrogens is 384 g/mol. The Labute approximate surface area is 174 Å². The molecule has 0 bridgehead atoms. The number of carbonyl (C=O) groups is 1. The Balaban J connectivity index is 1.47. The first kappa shape index (κ1) is 20.9. The second-order valence-corrected chi connectivity index (χ2v) is 6.52. The lowest BCUT2D eigenvalue weighted by Crippen LogP contribution is -2.20. The van der Waals surface area contributed by atoms with Crippen LogP contribution in [0.25, 0.3) is 0 Å². The van der Waals surface area contributed by atoms with Gasteiger partial charge < -0.3 is 14.8 Å². The molecule has 0 aromatic heterocycles. The number of rotatable bonds is 10. The van der Waals surface area contributed by atoms with Gasteiger partial charge in [-0.3, -0.25) is 14.9 Å². The highest BCUT2D eigenvalue weighted by atomic mass is 16.6. The number of nitro groups is 1. The molecule has 0 aliphatic rings. The SMILES string of the molecule is O=C(COc1ccc([N+](=O)[O-])cc1)Nc1ccccc1OCCCc1ccccc1. The van der Waals surface area contributed by atoms with Gasteiger partial charge in [0.1, 0.15) is 11.5 Å². The molecule has 0 heterocycles. The van der Waals surface area contributed by atoms with Gasteiger partial charge >= 0.3 is 0 Å². The number of nitrogens with zero attached hydrogens (tertiary/aromatic N) is 1. The molecule has 3 aromatic carbocycles. The van der Waals surface area contributed by atoms with E-state index in [1.54, 1.807) is 12.1 Å². The first-order valence-electron chi connectivity index (χ1n) is 9.54. The monoisotopic (exact) mass is 406 g/mol. The molecule has 0 saturated heterocycles. The van der Waals surface area contributed by atoms with Crippen molar-refractivity contribution in [2.75, 3.05) is 18.5 Å². The summed E-state index contributed by atoms with van der Waals surface area (Å²) in [5, 5.41) is 13.4. The lowest BCUT2D eigenvalue weighted by Gasteiger charge is -2.13. The Morgan fingerprint density at radius 3 is 2.33 bits per heavy atom. The van der Waals surface area contributed by atoms with Gasteiger partial charge in [-0.25, -0.2) is 0 Å². The van der Waals surface area contributed by atoms with Crippen molar-refractivity contribution in [3.8, 4) is 11.5 Å². The van der Waals surface area contributed by atoms with Crippen LogP contribution in [0.4, 0.5) is 11.4 Å². The third-order valence-corrected chi connectivity index (χ3v) is 4.29. The molecule has 7 nitrogen and oxygen atoms in total. The van der Waals surface area contributed by atoms with Gasteiger partial charge in [0.15, 0.2) is 6.61 Å². The molecule has 0 radical (unpaired) electrons. The van der Waals surface area contributed by atoms with E-state index in [-0.39, 0.29) is 18.2 Å². The molecule has 1 N–H and O–H groups in total. The Bertz CT molecular complexity index is 974. The zero-order valence-corrected chi connectivity index (χ0v) is 16.3. The Kier molecular flexibility index (Phi) is 7.38. The molecule has 30 heavy (non-hydrogen) atoms. The molecule has 0 spiro atoms. The number of ether oxygens (including phenoxy) is 2. The quantitative estimate of drug-likeness (QED) is 0.301. The van der Waals surface area contributed by atoms with E-state index in [0.29, 0.717) is 23.8 Å². The smallest absolute Gasteiger partial charge is 0.269 e. The van der Waals surface area contributed by atoms with Crippen molar-refractivity contribution >= 4 is 17.3 Å². The largest absolute Gasteiger partial charge is 0.491 e. The highest BCUT2D eigenvalue weighted by Gasteiger charge is 2.10. The molecule has 1 amide bonds. The number of anilines is 1. The summed E-state index contributed by atoms with van der Waals surface area (Å²) in [6, 6.07) is 23.0. The minimum Gasteiger partial charge on any atom is -0.491 e. The average molecular weight is 406 g/mol. The van der Waals surface area contributed by atoms with Gasteiger partial charge in [-0.1, -0.05) is 42.5 Å². The predicted molar refractivity (Wildman–Crippen MR) is 114 cm³/mol. The van der Waals surface area contributed by atoms with Gasteiger partial charge in [0.05, 0.1) is 17.2 Å². The van der Waals surface area contributed by atoms with Crippen LogP contribution >= 0.6 is 0 Å². The number of nitrogens with one attached hydrogen (secondary N) is 1. The van der Waals surface area contributed by atoms with Gasteiger partial charge in [-0.15, -0.1) is 0 Å². The first-order valence-corrected chi connectivity index (χ1v) is 9.54. The maximum absolute atomic E-state index is 12.2. The zero-order chi connectivity index (χ0) is 21.2. The van der Waals surface area contributed by atoms with Crippen LogP contribution in [0, 0.1) is 10.1 Å². The van der Waals surface area contributed by atoms with E-state index >= 15 is 0 Å². The lowest BCUT2D eigenvalue weighted by molar-refractivity contribution is -0.384. The first-order chi connectivity index (χ1) is 14.6. The van der Waals surface area contributed by atoms with E-state index < -0.39 is 4.92 Å². The summed E-state index contributed by atoms with van der Waals surface area (Å²) in [6.07, 6.45) is 1.77. The summed E-state index contributed by atoms with van der Waals surface area (Å²) in [7, 11) is 0. The van der Waals surface area contributed by atoms with Crippen LogP contribution < -0.4 is 14.8 Å². The van der Waals surface area contributed by atoms with Crippen molar-refractivity contribution in [2.45, 2.75) is 12.8 Å². The molecule has 3 rings (SSSR count). The minimum absolute atomic E-state index is 0.0369. The molecule has 154 valence electrons. The van der Waals surface area contributed by atoms with E-state index in [1.807, 2.05) is 30.3 Å². The summed E-state index contributed by atoms with van der Waals surface area (Å²) < 4.78 is 11.2. The number of hydrogen-bond acceptors (Lipinski definition) is 5. The maximum atomic E-state index is 12.2. The van der Waals surface area contributed by atoms with Crippen molar-refractivity contribution in [3.05, 3.63) is 94.5 Å². The number of aryl methyl sites for hydroxylation is 1. The maximum Gasteiger partial charge on any atom is 0.269 e.